The summed E-state index contributed by atoms with van der Waals surface area (Å²) in [6.45, 7) is 0. The maximum Gasteiger partial charge on any atom is 0.128 e. The zero-order valence-electron chi connectivity index (χ0n) is 10.3. The van der Waals surface area contributed by atoms with E-state index in [1.807, 2.05) is 0 Å². The van der Waals surface area contributed by atoms with Crippen LogP contribution in [0.3, 0.4) is 0 Å². The molecule has 0 spiro atoms. The van der Waals surface area contributed by atoms with E-state index in [2.05, 4.69) is 21.4 Å². The summed E-state index contributed by atoms with van der Waals surface area (Å²) in [4.78, 5) is 0. The van der Waals surface area contributed by atoms with Gasteiger partial charge in [0.15, 0.2) is 0 Å². The SMILES string of the molecule is NNC(Cc1ccc(F)cc1Br)c1cc(F)ccc1F. The van der Waals surface area contributed by atoms with E-state index in [1.165, 1.54) is 12.1 Å². The van der Waals surface area contributed by atoms with Crippen LogP contribution >= 0.6 is 15.9 Å². The zero-order chi connectivity index (χ0) is 14.7. The Morgan fingerprint density at radius 3 is 2.35 bits per heavy atom. The third-order valence-corrected chi connectivity index (χ3v) is 3.71. The van der Waals surface area contributed by atoms with Crippen molar-refractivity contribution in [3.05, 3.63) is 69.4 Å². The van der Waals surface area contributed by atoms with Crippen molar-refractivity contribution in [2.75, 3.05) is 0 Å². The molecule has 2 nitrogen and oxygen atoms in total. The Labute approximate surface area is 122 Å². The van der Waals surface area contributed by atoms with Crippen LogP contribution in [0.25, 0.3) is 0 Å². The molecule has 0 saturated carbocycles. The molecule has 0 aromatic heterocycles. The summed E-state index contributed by atoms with van der Waals surface area (Å²) >= 11 is 3.23. The molecule has 1 unspecified atom stereocenters. The molecule has 0 fully saturated rings. The van der Waals surface area contributed by atoms with Gasteiger partial charge in [0.1, 0.15) is 17.5 Å². The van der Waals surface area contributed by atoms with Crippen molar-refractivity contribution in [1.82, 2.24) is 5.43 Å². The van der Waals surface area contributed by atoms with Gasteiger partial charge in [-0.15, -0.1) is 0 Å². The first-order valence-electron chi connectivity index (χ1n) is 5.86. The molecule has 106 valence electrons. The summed E-state index contributed by atoms with van der Waals surface area (Å²) in [7, 11) is 0. The Morgan fingerprint density at radius 1 is 1.05 bits per heavy atom. The molecular weight excluding hydrogens is 333 g/mol. The first-order chi connectivity index (χ1) is 9.51. The van der Waals surface area contributed by atoms with Crippen LogP contribution in [-0.4, -0.2) is 0 Å². The number of hydrogen-bond acceptors (Lipinski definition) is 2. The van der Waals surface area contributed by atoms with Gasteiger partial charge in [-0.05, 0) is 42.3 Å². The minimum absolute atomic E-state index is 0.128. The maximum atomic E-state index is 13.7. The van der Waals surface area contributed by atoms with Crippen LogP contribution in [0.1, 0.15) is 17.2 Å². The predicted octanol–water partition coefficient (Wildman–Crippen LogP) is 3.61. The minimum atomic E-state index is -0.618. The molecule has 1 atom stereocenters. The van der Waals surface area contributed by atoms with Crippen LogP contribution in [0.4, 0.5) is 13.2 Å². The topological polar surface area (TPSA) is 38.0 Å². The quantitative estimate of drug-likeness (QED) is 0.656. The highest BCUT2D eigenvalue weighted by Gasteiger charge is 2.17. The zero-order valence-corrected chi connectivity index (χ0v) is 11.9. The van der Waals surface area contributed by atoms with E-state index < -0.39 is 17.7 Å². The average molecular weight is 345 g/mol. The Hall–Kier alpha value is -1.37. The fraction of sp³-hybridized carbons (Fsp3) is 0.143. The molecule has 2 rings (SSSR count). The highest BCUT2D eigenvalue weighted by Crippen LogP contribution is 2.26. The summed E-state index contributed by atoms with van der Waals surface area (Å²) in [6, 6.07) is 6.75. The van der Waals surface area contributed by atoms with E-state index in [-0.39, 0.29) is 17.8 Å². The lowest BCUT2D eigenvalue weighted by Crippen LogP contribution is -2.30. The van der Waals surface area contributed by atoms with Crippen molar-refractivity contribution in [3.8, 4) is 0 Å². The minimum Gasteiger partial charge on any atom is -0.271 e. The predicted molar refractivity (Wildman–Crippen MR) is 74.2 cm³/mol. The van der Waals surface area contributed by atoms with E-state index in [1.54, 1.807) is 6.07 Å². The molecule has 20 heavy (non-hydrogen) atoms. The second kappa shape index (κ2) is 6.39. The number of benzene rings is 2. The molecule has 0 heterocycles. The largest absolute Gasteiger partial charge is 0.271 e. The van der Waals surface area contributed by atoms with Gasteiger partial charge in [0.05, 0.1) is 6.04 Å². The van der Waals surface area contributed by atoms with Crippen LogP contribution in [0.2, 0.25) is 0 Å². The number of nitrogens with two attached hydrogens (primary N) is 1. The van der Waals surface area contributed by atoms with Gasteiger partial charge in [-0.1, -0.05) is 22.0 Å². The fourth-order valence-electron chi connectivity index (χ4n) is 1.95. The molecule has 3 N–H and O–H groups in total. The Morgan fingerprint density at radius 2 is 1.70 bits per heavy atom. The number of hydrazine groups is 1. The lowest BCUT2D eigenvalue weighted by atomic mass is 9.99. The summed E-state index contributed by atoms with van der Waals surface area (Å²) in [5, 5.41) is 0. The van der Waals surface area contributed by atoms with Crippen LogP contribution in [0, 0.1) is 17.5 Å². The van der Waals surface area contributed by atoms with Crippen LogP contribution < -0.4 is 11.3 Å². The summed E-state index contributed by atoms with van der Waals surface area (Å²) in [6.07, 6.45) is 0.289. The van der Waals surface area contributed by atoms with Crippen LogP contribution in [0.15, 0.2) is 40.9 Å². The second-order valence-corrected chi connectivity index (χ2v) is 5.18. The van der Waals surface area contributed by atoms with E-state index in [4.69, 9.17) is 5.84 Å². The number of halogens is 4. The first-order valence-corrected chi connectivity index (χ1v) is 6.65. The molecule has 0 bridgehead atoms. The van der Waals surface area contributed by atoms with Crippen molar-refractivity contribution < 1.29 is 13.2 Å². The Bertz CT molecular complexity index is 619. The number of rotatable bonds is 4. The molecule has 0 aliphatic heterocycles. The van der Waals surface area contributed by atoms with E-state index >= 15 is 0 Å². The smallest absolute Gasteiger partial charge is 0.128 e. The lowest BCUT2D eigenvalue weighted by Gasteiger charge is -2.18. The maximum absolute atomic E-state index is 13.7. The van der Waals surface area contributed by atoms with Crippen molar-refractivity contribution in [3.63, 3.8) is 0 Å². The van der Waals surface area contributed by atoms with Gasteiger partial charge in [-0.2, -0.15) is 0 Å². The first kappa shape index (κ1) is 15.0. The average Bonchev–Trinajstić information content (AvgIpc) is 2.41. The van der Waals surface area contributed by atoms with Gasteiger partial charge in [0.2, 0.25) is 0 Å². The summed E-state index contributed by atoms with van der Waals surface area (Å²) in [5.74, 6) is 3.95. The second-order valence-electron chi connectivity index (χ2n) is 4.32. The molecular formula is C14H12BrF3N2. The van der Waals surface area contributed by atoms with Gasteiger partial charge < -0.3 is 0 Å². The molecule has 0 aliphatic carbocycles. The number of hydrogen-bond donors (Lipinski definition) is 2. The van der Waals surface area contributed by atoms with Crippen molar-refractivity contribution >= 4 is 15.9 Å². The molecule has 2 aromatic carbocycles. The monoisotopic (exact) mass is 344 g/mol. The van der Waals surface area contributed by atoms with Crippen molar-refractivity contribution in [2.24, 2.45) is 5.84 Å². The normalized spacial score (nSPS) is 12.4. The van der Waals surface area contributed by atoms with Crippen LogP contribution in [-0.2, 0) is 6.42 Å². The van der Waals surface area contributed by atoms with Gasteiger partial charge >= 0.3 is 0 Å². The molecule has 6 heteroatoms. The molecule has 0 radical (unpaired) electrons. The highest BCUT2D eigenvalue weighted by molar-refractivity contribution is 9.10. The van der Waals surface area contributed by atoms with Crippen molar-refractivity contribution in [2.45, 2.75) is 12.5 Å². The van der Waals surface area contributed by atoms with Gasteiger partial charge in [-0.25, -0.2) is 13.2 Å². The van der Waals surface area contributed by atoms with E-state index in [0.29, 0.717) is 4.47 Å². The van der Waals surface area contributed by atoms with Gasteiger partial charge in [0.25, 0.3) is 0 Å². The third kappa shape index (κ3) is 3.39. The standard InChI is InChI=1S/C14H12BrF3N2/c15-12-7-10(17)2-1-8(12)5-14(20-19)11-6-9(16)3-4-13(11)18/h1-4,6-7,14,20H,5,19H2. The molecule has 0 saturated heterocycles. The fourth-order valence-corrected chi connectivity index (χ4v) is 2.46. The van der Waals surface area contributed by atoms with Crippen LogP contribution in [0.5, 0.6) is 0 Å². The van der Waals surface area contributed by atoms with Gasteiger partial charge in [0, 0.05) is 10.0 Å². The van der Waals surface area contributed by atoms with E-state index in [0.717, 1.165) is 23.8 Å². The highest BCUT2D eigenvalue weighted by atomic mass is 79.9. The van der Waals surface area contributed by atoms with Gasteiger partial charge in [-0.3, -0.25) is 11.3 Å². The Balaban J connectivity index is 2.31. The number of nitrogens with one attached hydrogen (secondary N) is 1. The summed E-state index contributed by atoms with van der Waals surface area (Å²) in [5.41, 5.74) is 3.32. The lowest BCUT2D eigenvalue weighted by molar-refractivity contribution is 0.501. The van der Waals surface area contributed by atoms with Crippen molar-refractivity contribution in [1.29, 1.82) is 0 Å². The van der Waals surface area contributed by atoms with E-state index in [9.17, 15) is 13.2 Å². The molecule has 0 aliphatic rings. The molecule has 0 amide bonds. The Kier molecular flexibility index (Phi) is 4.80. The summed E-state index contributed by atoms with van der Waals surface area (Å²) < 4.78 is 40.5. The molecule has 2 aromatic rings. The third-order valence-electron chi connectivity index (χ3n) is 2.97.